The Hall–Kier alpha value is -2.57. The molecule has 0 heterocycles. The molecule has 0 radical (unpaired) electrons. The molecule has 6 nitrogen and oxygen atoms in total. The van der Waals surface area contributed by atoms with E-state index >= 15 is 0 Å². The first-order chi connectivity index (χ1) is 11.9. The third-order valence-corrected chi connectivity index (χ3v) is 2.70. The van der Waals surface area contributed by atoms with Gasteiger partial charge < -0.3 is 14.8 Å². The molecule has 144 valence electrons. The fourth-order valence-electron chi connectivity index (χ4n) is 1.80. The maximum atomic E-state index is 14.1. The minimum atomic E-state index is -0.721. The molecule has 1 rings (SSSR count). The summed E-state index contributed by atoms with van der Waals surface area (Å²) in [6.07, 6.45) is 2.07. The van der Waals surface area contributed by atoms with Crippen molar-refractivity contribution in [3.63, 3.8) is 0 Å². The Balaban J connectivity index is 2.56. The van der Waals surface area contributed by atoms with Crippen molar-refractivity contribution < 1.29 is 23.5 Å². The molecule has 0 fully saturated rings. The van der Waals surface area contributed by atoms with Crippen molar-refractivity contribution >= 4 is 23.9 Å². The number of hydrogen-bond acceptors (Lipinski definition) is 4. The summed E-state index contributed by atoms with van der Waals surface area (Å²) in [5.74, 6) is -0.585. The van der Waals surface area contributed by atoms with Gasteiger partial charge >= 0.3 is 12.2 Å². The maximum absolute atomic E-state index is 14.1. The molecule has 0 unspecified atom stereocenters. The van der Waals surface area contributed by atoms with Crippen molar-refractivity contribution in [1.82, 2.24) is 5.32 Å². The van der Waals surface area contributed by atoms with Gasteiger partial charge in [0.15, 0.2) is 0 Å². The minimum Gasteiger partial charge on any atom is -0.444 e. The van der Waals surface area contributed by atoms with Gasteiger partial charge in [0.25, 0.3) is 0 Å². The summed E-state index contributed by atoms with van der Waals surface area (Å²) in [5, 5.41) is 4.93. The number of amides is 2. The van der Waals surface area contributed by atoms with Gasteiger partial charge in [0.1, 0.15) is 17.0 Å². The maximum Gasteiger partial charge on any atom is 0.412 e. The molecular formula is C19H27FN2O4. The molecule has 0 spiro atoms. The zero-order chi connectivity index (χ0) is 20.0. The Kier molecular flexibility index (Phi) is 7.18. The van der Waals surface area contributed by atoms with Crippen LogP contribution in [0.3, 0.4) is 0 Å². The fraction of sp³-hybridized carbons (Fsp3) is 0.474. The topological polar surface area (TPSA) is 76.7 Å². The van der Waals surface area contributed by atoms with E-state index in [1.807, 2.05) is 0 Å². The Bertz CT molecular complexity index is 673. The Morgan fingerprint density at radius 1 is 1.04 bits per heavy atom. The number of hydrogen-bond donors (Lipinski definition) is 2. The number of carbonyl (C=O) groups is 2. The van der Waals surface area contributed by atoms with Gasteiger partial charge in [-0.15, -0.1) is 0 Å². The van der Waals surface area contributed by atoms with Crippen LogP contribution in [0.25, 0.3) is 6.08 Å². The van der Waals surface area contributed by atoms with Crippen LogP contribution in [0.4, 0.5) is 19.7 Å². The van der Waals surface area contributed by atoms with Crippen molar-refractivity contribution in [2.24, 2.45) is 0 Å². The van der Waals surface area contributed by atoms with Crippen molar-refractivity contribution in [1.29, 1.82) is 0 Å². The van der Waals surface area contributed by atoms with Gasteiger partial charge in [-0.25, -0.2) is 14.0 Å². The Morgan fingerprint density at radius 2 is 1.62 bits per heavy atom. The first-order valence-corrected chi connectivity index (χ1v) is 8.29. The molecular weight excluding hydrogens is 339 g/mol. The van der Waals surface area contributed by atoms with Crippen LogP contribution in [0.1, 0.15) is 47.1 Å². The van der Waals surface area contributed by atoms with Crippen LogP contribution in [-0.2, 0) is 9.47 Å². The molecule has 0 saturated carbocycles. The molecule has 0 aliphatic carbocycles. The molecule has 7 heteroatoms. The second-order valence-corrected chi connectivity index (χ2v) is 7.65. The molecule has 0 aliphatic rings. The average Bonchev–Trinajstić information content (AvgIpc) is 2.42. The molecule has 2 amide bonds. The molecule has 0 saturated heterocycles. The quantitative estimate of drug-likeness (QED) is 0.809. The second-order valence-electron chi connectivity index (χ2n) is 7.65. The van der Waals surface area contributed by atoms with E-state index in [0.29, 0.717) is 5.56 Å². The van der Waals surface area contributed by atoms with E-state index in [-0.39, 0.29) is 12.2 Å². The van der Waals surface area contributed by atoms with Gasteiger partial charge in [0, 0.05) is 6.54 Å². The molecule has 0 aromatic heterocycles. The first-order valence-electron chi connectivity index (χ1n) is 8.29. The number of nitrogens with one attached hydrogen (secondary N) is 2. The monoisotopic (exact) mass is 366 g/mol. The van der Waals surface area contributed by atoms with Crippen LogP contribution >= 0.6 is 0 Å². The molecule has 26 heavy (non-hydrogen) atoms. The van der Waals surface area contributed by atoms with E-state index < -0.39 is 29.2 Å². The second kappa shape index (κ2) is 8.69. The van der Waals surface area contributed by atoms with E-state index in [1.165, 1.54) is 12.1 Å². The lowest BCUT2D eigenvalue weighted by molar-refractivity contribution is 0.0533. The molecule has 1 aromatic carbocycles. The number of benzene rings is 1. The van der Waals surface area contributed by atoms with Crippen LogP contribution < -0.4 is 10.6 Å². The van der Waals surface area contributed by atoms with Crippen LogP contribution in [-0.4, -0.2) is 29.9 Å². The average molecular weight is 366 g/mol. The number of anilines is 1. The summed E-state index contributed by atoms with van der Waals surface area (Å²) in [7, 11) is 0. The van der Waals surface area contributed by atoms with Gasteiger partial charge in [-0.2, -0.15) is 0 Å². The van der Waals surface area contributed by atoms with E-state index in [9.17, 15) is 14.0 Å². The molecule has 1 aromatic rings. The lowest BCUT2D eigenvalue weighted by Crippen LogP contribution is -2.32. The normalized spacial score (nSPS) is 12.0. The molecule has 0 aliphatic heterocycles. The highest BCUT2D eigenvalue weighted by Gasteiger charge is 2.17. The number of ether oxygens (including phenoxy) is 2. The van der Waals surface area contributed by atoms with Gasteiger partial charge in [-0.3, -0.25) is 5.32 Å². The first kappa shape index (κ1) is 21.5. The van der Waals surface area contributed by atoms with Crippen LogP contribution in [0.2, 0.25) is 0 Å². The summed E-state index contributed by atoms with van der Waals surface area (Å²) in [6.45, 7) is 10.7. The lowest BCUT2D eigenvalue weighted by atomic mass is 10.2. The van der Waals surface area contributed by atoms with E-state index in [1.54, 1.807) is 59.8 Å². The van der Waals surface area contributed by atoms with E-state index in [0.717, 1.165) is 0 Å². The third-order valence-electron chi connectivity index (χ3n) is 2.70. The van der Waals surface area contributed by atoms with Gasteiger partial charge in [-0.05, 0) is 59.2 Å². The van der Waals surface area contributed by atoms with E-state index in [2.05, 4.69) is 10.6 Å². The van der Waals surface area contributed by atoms with Crippen LogP contribution in [0, 0.1) is 5.82 Å². The smallest absolute Gasteiger partial charge is 0.412 e. The summed E-state index contributed by atoms with van der Waals surface area (Å²) in [4.78, 5) is 23.2. The minimum absolute atomic E-state index is 0.0308. The third kappa shape index (κ3) is 9.05. The predicted molar refractivity (Wildman–Crippen MR) is 99.5 cm³/mol. The summed E-state index contributed by atoms with van der Waals surface area (Å²) >= 11 is 0. The van der Waals surface area contributed by atoms with Crippen LogP contribution in [0.15, 0.2) is 24.3 Å². The van der Waals surface area contributed by atoms with Crippen molar-refractivity contribution in [3.05, 3.63) is 35.7 Å². The number of halogens is 1. The summed E-state index contributed by atoms with van der Waals surface area (Å²) in [6, 6.07) is 4.36. The van der Waals surface area contributed by atoms with Gasteiger partial charge in [0.2, 0.25) is 0 Å². The Morgan fingerprint density at radius 3 is 2.15 bits per heavy atom. The number of rotatable bonds is 4. The predicted octanol–water partition coefficient (Wildman–Crippen LogP) is 4.71. The van der Waals surface area contributed by atoms with Crippen molar-refractivity contribution in [3.8, 4) is 0 Å². The van der Waals surface area contributed by atoms with Gasteiger partial charge in [0.05, 0.1) is 5.69 Å². The fourth-order valence-corrected chi connectivity index (χ4v) is 1.80. The Labute approximate surface area is 153 Å². The highest BCUT2D eigenvalue weighted by Crippen LogP contribution is 2.18. The largest absolute Gasteiger partial charge is 0.444 e. The standard InChI is InChI=1S/C19H27FN2O4/c1-18(2,3)25-16(23)21-11-7-8-13-9-10-15(14(20)12-13)22-17(24)26-19(4,5)6/h7-10,12H,11H2,1-6H3,(H,21,23)(H,22,24). The summed E-state index contributed by atoms with van der Waals surface area (Å²) in [5.41, 5.74) is -0.607. The number of carbonyl (C=O) groups excluding carboxylic acids is 2. The van der Waals surface area contributed by atoms with Crippen molar-refractivity contribution in [2.45, 2.75) is 52.7 Å². The summed E-state index contributed by atoms with van der Waals surface area (Å²) < 4.78 is 24.3. The van der Waals surface area contributed by atoms with Crippen LogP contribution in [0.5, 0.6) is 0 Å². The van der Waals surface area contributed by atoms with Crippen molar-refractivity contribution in [2.75, 3.05) is 11.9 Å². The SMILES string of the molecule is CC(C)(C)OC(=O)NCC=Cc1ccc(NC(=O)OC(C)(C)C)c(F)c1. The highest BCUT2D eigenvalue weighted by atomic mass is 19.1. The molecule has 2 N–H and O–H groups in total. The van der Waals surface area contributed by atoms with Gasteiger partial charge in [-0.1, -0.05) is 18.2 Å². The zero-order valence-corrected chi connectivity index (χ0v) is 16.1. The highest BCUT2D eigenvalue weighted by molar-refractivity contribution is 5.85. The number of alkyl carbamates (subject to hydrolysis) is 1. The lowest BCUT2D eigenvalue weighted by Gasteiger charge is -2.19. The van der Waals surface area contributed by atoms with E-state index in [4.69, 9.17) is 9.47 Å². The molecule has 0 atom stereocenters. The molecule has 0 bridgehead atoms. The zero-order valence-electron chi connectivity index (χ0n) is 16.1.